The Hall–Kier alpha value is -3.04. The van der Waals surface area contributed by atoms with Crippen LogP contribution in [0.3, 0.4) is 0 Å². The van der Waals surface area contributed by atoms with E-state index in [9.17, 15) is 22.8 Å². The van der Waals surface area contributed by atoms with Crippen LogP contribution in [0, 0.1) is 12.8 Å². The molecule has 3 rings (SSSR count). The average Bonchev–Trinajstić information content (AvgIpc) is 2.80. The van der Waals surface area contributed by atoms with Gasteiger partial charge in [0.1, 0.15) is 0 Å². The number of Topliss-reactive ketones (excluding diaryl/α,β-unsaturated/α-hetero) is 1. The van der Waals surface area contributed by atoms with E-state index in [2.05, 4.69) is 5.32 Å². The highest BCUT2D eigenvalue weighted by molar-refractivity contribution is 7.89. The summed E-state index contributed by atoms with van der Waals surface area (Å²) in [5, 5.41) is 2.75. The van der Waals surface area contributed by atoms with Gasteiger partial charge in [0, 0.05) is 24.3 Å². The fourth-order valence-corrected chi connectivity index (χ4v) is 5.14. The Morgan fingerprint density at radius 1 is 1.06 bits per heavy atom. The lowest BCUT2D eigenvalue weighted by Gasteiger charge is -2.30. The molecule has 0 bridgehead atoms. The summed E-state index contributed by atoms with van der Waals surface area (Å²) in [6.07, 6.45) is -0.402. The van der Waals surface area contributed by atoms with Crippen LogP contribution in [-0.2, 0) is 24.3 Å². The highest BCUT2D eigenvalue weighted by Gasteiger charge is 2.34. The van der Waals surface area contributed by atoms with Crippen LogP contribution in [0.15, 0.2) is 53.4 Å². The number of nitrogens with one attached hydrogen (secondary N) is 1. The Bertz CT molecular complexity index is 1150. The number of amides is 1. The Morgan fingerprint density at radius 3 is 2.36 bits per heavy atom. The molecule has 0 saturated carbocycles. The smallest absolute Gasteiger partial charge is 0.309 e. The largest absolute Gasteiger partial charge is 0.452 e. The molecule has 2 aromatic carbocycles. The van der Waals surface area contributed by atoms with Crippen molar-refractivity contribution >= 4 is 33.4 Å². The minimum atomic E-state index is -3.78. The van der Waals surface area contributed by atoms with E-state index < -0.39 is 33.9 Å². The summed E-state index contributed by atoms with van der Waals surface area (Å²) < 4.78 is 32.6. The van der Waals surface area contributed by atoms with Crippen molar-refractivity contribution in [2.45, 2.75) is 44.6 Å². The lowest BCUT2D eigenvalue weighted by atomic mass is 9.98. The van der Waals surface area contributed by atoms with Crippen LogP contribution in [0.5, 0.6) is 0 Å². The first-order valence-corrected chi connectivity index (χ1v) is 12.2. The van der Waals surface area contributed by atoms with Gasteiger partial charge in [-0.1, -0.05) is 30.3 Å². The number of esters is 1. The monoisotopic (exact) mass is 472 g/mol. The summed E-state index contributed by atoms with van der Waals surface area (Å²) in [5.74, 6) is -1.65. The molecule has 1 aliphatic rings. The maximum Gasteiger partial charge on any atom is 0.309 e. The number of para-hydroxylation sites is 1. The number of piperidine rings is 1. The van der Waals surface area contributed by atoms with Crippen molar-refractivity contribution in [3.05, 3.63) is 59.7 Å². The Kier molecular flexibility index (Phi) is 7.65. The van der Waals surface area contributed by atoms with Crippen LogP contribution in [-0.4, -0.2) is 49.6 Å². The van der Waals surface area contributed by atoms with E-state index >= 15 is 0 Å². The molecule has 176 valence electrons. The first-order valence-electron chi connectivity index (χ1n) is 10.8. The number of benzene rings is 2. The summed E-state index contributed by atoms with van der Waals surface area (Å²) in [6, 6.07) is 13.2. The first kappa shape index (κ1) is 24.6. The second-order valence-corrected chi connectivity index (χ2v) is 10.1. The van der Waals surface area contributed by atoms with Crippen molar-refractivity contribution in [3.63, 3.8) is 0 Å². The number of anilines is 1. The third-order valence-electron chi connectivity index (χ3n) is 5.73. The molecule has 2 aromatic rings. The second kappa shape index (κ2) is 10.3. The van der Waals surface area contributed by atoms with Crippen LogP contribution in [0.2, 0.25) is 0 Å². The molecule has 0 aromatic heterocycles. The van der Waals surface area contributed by atoms with Crippen molar-refractivity contribution in [2.24, 2.45) is 5.92 Å². The van der Waals surface area contributed by atoms with Crippen LogP contribution >= 0.6 is 0 Å². The normalized spacial score (nSPS) is 16.1. The Labute approximate surface area is 194 Å². The van der Waals surface area contributed by atoms with Gasteiger partial charge in [0.15, 0.2) is 11.9 Å². The molecular formula is C24H28N2O6S. The van der Waals surface area contributed by atoms with Gasteiger partial charge in [0.2, 0.25) is 10.0 Å². The number of aryl methyl sites for hydroxylation is 1. The van der Waals surface area contributed by atoms with Crippen molar-refractivity contribution in [2.75, 3.05) is 18.4 Å². The first-order chi connectivity index (χ1) is 15.6. The highest BCUT2D eigenvalue weighted by Crippen LogP contribution is 2.26. The fraction of sp³-hybridized carbons (Fsp3) is 0.375. The summed E-state index contributed by atoms with van der Waals surface area (Å²) in [5.41, 5.74) is 1.87. The molecule has 1 amide bonds. The molecule has 1 atom stereocenters. The van der Waals surface area contributed by atoms with Crippen molar-refractivity contribution in [1.29, 1.82) is 0 Å². The van der Waals surface area contributed by atoms with Gasteiger partial charge in [-0.2, -0.15) is 4.31 Å². The molecule has 9 heteroatoms. The highest BCUT2D eigenvalue weighted by atomic mass is 32.2. The van der Waals surface area contributed by atoms with Gasteiger partial charge >= 0.3 is 5.97 Å². The zero-order valence-corrected chi connectivity index (χ0v) is 19.7. The quantitative estimate of drug-likeness (QED) is 0.490. The Morgan fingerprint density at radius 2 is 1.73 bits per heavy atom. The third-order valence-corrected chi connectivity index (χ3v) is 7.63. The maximum atomic E-state index is 13.0. The molecule has 1 fully saturated rings. The summed E-state index contributed by atoms with van der Waals surface area (Å²) >= 11 is 0. The number of carbonyl (C=O) groups excluding carboxylic acids is 3. The lowest BCUT2D eigenvalue weighted by Crippen LogP contribution is -2.41. The minimum absolute atomic E-state index is 0.0534. The predicted octanol–water partition coefficient (Wildman–Crippen LogP) is 3.17. The summed E-state index contributed by atoms with van der Waals surface area (Å²) in [6.45, 7) is 5.05. The van der Waals surface area contributed by atoms with E-state index in [0.717, 1.165) is 5.56 Å². The number of rotatable bonds is 7. The zero-order chi connectivity index (χ0) is 24.2. The summed E-state index contributed by atoms with van der Waals surface area (Å²) in [7, 11) is -3.78. The van der Waals surface area contributed by atoms with Gasteiger partial charge in [-0.15, -0.1) is 0 Å². The number of sulfonamides is 1. The molecule has 0 aliphatic carbocycles. The second-order valence-electron chi connectivity index (χ2n) is 8.15. The molecule has 1 saturated heterocycles. The molecular weight excluding hydrogens is 444 g/mol. The van der Waals surface area contributed by atoms with E-state index in [-0.39, 0.29) is 36.6 Å². The van der Waals surface area contributed by atoms with Gasteiger partial charge in [0.05, 0.1) is 10.8 Å². The van der Waals surface area contributed by atoms with E-state index in [1.54, 1.807) is 18.2 Å². The van der Waals surface area contributed by atoms with Crippen LogP contribution in [0.1, 0.15) is 42.6 Å². The molecule has 1 N–H and O–H groups in total. The lowest BCUT2D eigenvalue weighted by molar-refractivity contribution is -0.158. The minimum Gasteiger partial charge on any atom is -0.452 e. The molecule has 1 aliphatic heterocycles. The van der Waals surface area contributed by atoms with Crippen LogP contribution in [0.4, 0.5) is 5.69 Å². The fourth-order valence-electron chi connectivity index (χ4n) is 3.63. The van der Waals surface area contributed by atoms with Gasteiger partial charge in [0.25, 0.3) is 5.91 Å². The van der Waals surface area contributed by atoms with Gasteiger partial charge in [-0.05, 0) is 57.4 Å². The molecule has 1 heterocycles. The number of hydrogen-bond acceptors (Lipinski definition) is 6. The van der Waals surface area contributed by atoms with Crippen molar-refractivity contribution in [1.82, 2.24) is 4.31 Å². The third kappa shape index (κ3) is 5.85. The number of hydrogen-bond donors (Lipinski definition) is 1. The molecule has 0 radical (unpaired) electrons. The molecule has 33 heavy (non-hydrogen) atoms. The average molecular weight is 473 g/mol. The molecule has 0 unspecified atom stereocenters. The zero-order valence-electron chi connectivity index (χ0n) is 18.9. The number of carbonyl (C=O) groups is 3. The number of ether oxygens (including phenoxy) is 1. The molecule has 0 spiro atoms. The van der Waals surface area contributed by atoms with Gasteiger partial charge in [-0.25, -0.2) is 8.42 Å². The Balaban J connectivity index is 1.56. The van der Waals surface area contributed by atoms with E-state index in [1.165, 1.54) is 36.4 Å². The van der Waals surface area contributed by atoms with E-state index in [1.807, 2.05) is 19.1 Å². The summed E-state index contributed by atoms with van der Waals surface area (Å²) in [4.78, 5) is 36.6. The number of nitrogens with zero attached hydrogens (tertiary/aromatic N) is 1. The van der Waals surface area contributed by atoms with Gasteiger partial charge in [-0.3, -0.25) is 14.4 Å². The van der Waals surface area contributed by atoms with Crippen molar-refractivity contribution in [3.8, 4) is 0 Å². The standard InChI is InChI=1S/C24H28N2O6S/c1-16-7-4-5-10-22(16)25-23(28)18(3)32-24(29)19-11-13-26(14-12-19)33(30,31)21-9-6-8-20(15-21)17(2)27/h4-10,15,18-19H,11-14H2,1-3H3,(H,25,28)/t18-/m1/s1. The number of ketones is 1. The maximum absolute atomic E-state index is 13.0. The van der Waals surface area contributed by atoms with Crippen LogP contribution < -0.4 is 5.32 Å². The van der Waals surface area contributed by atoms with Crippen molar-refractivity contribution < 1.29 is 27.5 Å². The van der Waals surface area contributed by atoms with E-state index in [0.29, 0.717) is 11.3 Å². The van der Waals surface area contributed by atoms with Crippen LogP contribution in [0.25, 0.3) is 0 Å². The topological polar surface area (TPSA) is 110 Å². The van der Waals surface area contributed by atoms with Gasteiger partial charge < -0.3 is 10.1 Å². The van der Waals surface area contributed by atoms with E-state index in [4.69, 9.17) is 4.74 Å². The predicted molar refractivity (Wildman–Crippen MR) is 123 cm³/mol. The SMILES string of the molecule is CC(=O)c1cccc(S(=O)(=O)N2CCC(C(=O)O[C@H](C)C(=O)Nc3ccccc3C)CC2)c1. The molecule has 8 nitrogen and oxygen atoms in total.